The maximum Gasteiger partial charge on any atom is 0.252 e. The largest absolute Gasteiger partial charge is 0.346 e. The lowest BCUT2D eigenvalue weighted by molar-refractivity contribution is 0.126. The molecule has 1 rings (SSSR count). The van der Waals surface area contributed by atoms with E-state index in [2.05, 4.69) is 5.32 Å². The monoisotopic (exact) mass is 309 g/mol. The maximum absolute atomic E-state index is 12.3. The molecule has 0 unspecified atom stereocenters. The smallest absolute Gasteiger partial charge is 0.252 e. The third kappa shape index (κ3) is 3.77. The second-order valence-corrected chi connectivity index (χ2v) is 6.92. The fraction of sp³-hybridized carbons (Fsp3) is 0.667. The fourth-order valence-electron chi connectivity index (χ4n) is 1.91. The molecule has 1 N–H and O–H groups in total. The van der Waals surface area contributed by atoms with Crippen LogP contribution in [-0.4, -0.2) is 44.4 Å². The van der Waals surface area contributed by atoms with Gasteiger partial charge in [0.15, 0.2) is 0 Å². The van der Waals surface area contributed by atoms with Gasteiger partial charge in [-0.1, -0.05) is 0 Å². The number of alkyl halides is 2. The van der Waals surface area contributed by atoms with Gasteiger partial charge < -0.3 is 9.88 Å². The van der Waals surface area contributed by atoms with Crippen molar-refractivity contribution in [1.29, 1.82) is 0 Å². The first-order chi connectivity index (χ1) is 9.20. The summed E-state index contributed by atoms with van der Waals surface area (Å²) in [5.74, 6) is 0. The van der Waals surface area contributed by atoms with E-state index in [-0.39, 0.29) is 10.9 Å². The van der Waals surface area contributed by atoms with E-state index >= 15 is 0 Å². The molecule has 0 aromatic carbocycles. The third-order valence-electron chi connectivity index (χ3n) is 2.92. The molecule has 1 aromatic heterocycles. The van der Waals surface area contributed by atoms with Crippen LogP contribution in [0, 0.1) is 0 Å². The minimum atomic E-state index is -3.88. The Hall–Kier alpha value is -0.990. The zero-order valence-corrected chi connectivity index (χ0v) is 12.9. The molecule has 0 saturated carbocycles. The highest BCUT2D eigenvalue weighted by molar-refractivity contribution is 7.89. The average molecular weight is 309 g/mol. The zero-order valence-electron chi connectivity index (χ0n) is 12.1. The molecule has 0 amide bonds. The molecule has 0 bridgehead atoms. The van der Waals surface area contributed by atoms with Crippen molar-refractivity contribution >= 4 is 10.0 Å². The van der Waals surface area contributed by atoms with Crippen molar-refractivity contribution in [2.75, 3.05) is 20.6 Å². The van der Waals surface area contributed by atoms with Gasteiger partial charge in [-0.25, -0.2) is 17.2 Å². The molecule has 0 atom stereocenters. The van der Waals surface area contributed by atoms with Gasteiger partial charge in [-0.2, -0.15) is 4.31 Å². The van der Waals surface area contributed by atoms with Crippen LogP contribution in [0.5, 0.6) is 0 Å². The van der Waals surface area contributed by atoms with Crippen molar-refractivity contribution in [3.63, 3.8) is 0 Å². The summed E-state index contributed by atoms with van der Waals surface area (Å²) in [6, 6.07) is 1.61. The van der Waals surface area contributed by atoms with Crippen molar-refractivity contribution < 1.29 is 17.2 Å². The van der Waals surface area contributed by atoms with Crippen LogP contribution < -0.4 is 5.32 Å². The van der Waals surface area contributed by atoms with Gasteiger partial charge in [-0.3, -0.25) is 0 Å². The standard InChI is InChI=1S/C12H21F2N3O2S/c1-9(2)17-7-11(5-10(17)6-15-3)20(18,19)16(4)8-12(13)14/h5,7,9,12,15H,6,8H2,1-4H3. The molecule has 5 nitrogen and oxygen atoms in total. The summed E-state index contributed by atoms with van der Waals surface area (Å²) in [5.41, 5.74) is 0.798. The van der Waals surface area contributed by atoms with Crippen LogP contribution in [-0.2, 0) is 16.6 Å². The van der Waals surface area contributed by atoms with Gasteiger partial charge in [0.2, 0.25) is 10.0 Å². The summed E-state index contributed by atoms with van der Waals surface area (Å²) in [6.45, 7) is 3.56. The van der Waals surface area contributed by atoms with Gasteiger partial charge in [0.1, 0.15) is 4.90 Å². The molecule has 20 heavy (non-hydrogen) atoms. The van der Waals surface area contributed by atoms with Crippen molar-refractivity contribution in [1.82, 2.24) is 14.2 Å². The van der Waals surface area contributed by atoms with Crippen molar-refractivity contribution in [2.24, 2.45) is 0 Å². The number of aromatic nitrogens is 1. The van der Waals surface area contributed by atoms with Crippen molar-refractivity contribution in [3.05, 3.63) is 18.0 Å². The van der Waals surface area contributed by atoms with Crippen LogP contribution in [0.25, 0.3) is 0 Å². The van der Waals surface area contributed by atoms with Crippen LogP contribution in [0.4, 0.5) is 8.78 Å². The Balaban J connectivity index is 3.15. The van der Waals surface area contributed by atoms with Gasteiger partial charge in [0.25, 0.3) is 6.43 Å². The Morgan fingerprint density at radius 2 is 2.00 bits per heavy atom. The van der Waals surface area contributed by atoms with E-state index in [1.54, 1.807) is 7.05 Å². The van der Waals surface area contributed by atoms with E-state index in [9.17, 15) is 17.2 Å². The van der Waals surface area contributed by atoms with E-state index in [0.29, 0.717) is 10.8 Å². The maximum atomic E-state index is 12.3. The highest BCUT2D eigenvalue weighted by Gasteiger charge is 2.26. The van der Waals surface area contributed by atoms with Crippen molar-refractivity contribution in [2.45, 2.75) is 37.8 Å². The van der Waals surface area contributed by atoms with Crippen molar-refractivity contribution in [3.8, 4) is 0 Å². The molecule has 0 aliphatic carbocycles. The van der Waals surface area contributed by atoms with Crippen LogP contribution in [0.15, 0.2) is 17.2 Å². The molecule has 0 spiro atoms. The lowest BCUT2D eigenvalue weighted by Crippen LogP contribution is -2.31. The summed E-state index contributed by atoms with van der Waals surface area (Å²) in [4.78, 5) is 0.0413. The quantitative estimate of drug-likeness (QED) is 0.833. The van der Waals surface area contributed by atoms with E-state index in [1.807, 2.05) is 18.4 Å². The van der Waals surface area contributed by atoms with Gasteiger partial charge in [0.05, 0.1) is 6.54 Å². The van der Waals surface area contributed by atoms with Crippen LogP contribution in [0.2, 0.25) is 0 Å². The van der Waals surface area contributed by atoms with Gasteiger partial charge in [-0.15, -0.1) is 0 Å². The number of nitrogens with zero attached hydrogens (tertiary/aromatic N) is 2. The van der Waals surface area contributed by atoms with Crippen LogP contribution in [0.3, 0.4) is 0 Å². The topological polar surface area (TPSA) is 54.3 Å². The molecule has 0 radical (unpaired) electrons. The number of rotatable bonds is 7. The first-order valence-corrected chi connectivity index (χ1v) is 7.74. The second-order valence-electron chi connectivity index (χ2n) is 4.88. The molecule has 0 aliphatic heterocycles. The predicted molar refractivity (Wildman–Crippen MR) is 73.4 cm³/mol. The highest BCUT2D eigenvalue weighted by atomic mass is 32.2. The summed E-state index contributed by atoms with van der Waals surface area (Å²) in [7, 11) is -0.965. The first-order valence-electron chi connectivity index (χ1n) is 6.30. The van der Waals surface area contributed by atoms with E-state index in [0.717, 1.165) is 12.7 Å². The van der Waals surface area contributed by atoms with E-state index in [1.165, 1.54) is 12.3 Å². The summed E-state index contributed by atoms with van der Waals surface area (Å²) in [5, 5.41) is 2.96. The summed E-state index contributed by atoms with van der Waals surface area (Å²) >= 11 is 0. The summed E-state index contributed by atoms with van der Waals surface area (Å²) in [6.07, 6.45) is -1.20. The fourth-order valence-corrected chi connectivity index (χ4v) is 3.11. The number of hydrogen-bond donors (Lipinski definition) is 1. The van der Waals surface area contributed by atoms with Crippen LogP contribution >= 0.6 is 0 Å². The van der Waals surface area contributed by atoms with Gasteiger partial charge in [0, 0.05) is 31.5 Å². The Morgan fingerprint density at radius 3 is 2.45 bits per heavy atom. The van der Waals surface area contributed by atoms with E-state index in [4.69, 9.17) is 0 Å². The van der Waals surface area contributed by atoms with Gasteiger partial charge in [-0.05, 0) is 27.0 Å². The van der Waals surface area contributed by atoms with Crippen LogP contribution in [0.1, 0.15) is 25.6 Å². The Kier molecular flexibility index (Phi) is 5.67. The molecular weight excluding hydrogens is 288 g/mol. The van der Waals surface area contributed by atoms with Gasteiger partial charge >= 0.3 is 0 Å². The summed E-state index contributed by atoms with van der Waals surface area (Å²) < 4.78 is 51.6. The average Bonchev–Trinajstić information content (AvgIpc) is 2.73. The lowest BCUT2D eigenvalue weighted by Gasteiger charge is -2.15. The normalized spacial score (nSPS) is 12.8. The molecule has 0 saturated heterocycles. The molecule has 116 valence electrons. The number of nitrogens with one attached hydrogen (secondary N) is 1. The molecule has 0 fully saturated rings. The lowest BCUT2D eigenvalue weighted by atomic mass is 10.3. The predicted octanol–water partition coefficient (Wildman–Crippen LogP) is 1.67. The third-order valence-corrected chi connectivity index (χ3v) is 4.71. The number of sulfonamides is 1. The molecule has 1 heterocycles. The second kappa shape index (κ2) is 6.64. The minimum absolute atomic E-state index is 0.0413. The highest BCUT2D eigenvalue weighted by Crippen LogP contribution is 2.22. The molecule has 1 aromatic rings. The molecule has 0 aliphatic rings. The Morgan fingerprint density at radius 1 is 1.40 bits per heavy atom. The van der Waals surface area contributed by atoms with E-state index < -0.39 is 23.0 Å². The Labute approximate surface area is 118 Å². The first kappa shape index (κ1) is 17.1. The molecule has 8 heteroatoms. The zero-order chi connectivity index (χ0) is 15.5. The number of hydrogen-bond acceptors (Lipinski definition) is 3. The SMILES string of the molecule is CNCc1cc(S(=O)(=O)N(C)CC(F)F)cn1C(C)C. The Bertz CT molecular complexity index is 541. The minimum Gasteiger partial charge on any atom is -0.346 e. The number of halogens is 2. The molecular formula is C12H21F2N3O2S.